The van der Waals surface area contributed by atoms with Crippen molar-refractivity contribution in [3.63, 3.8) is 0 Å². The van der Waals surface area contributed by atoms with Gasteiger partial charge in [0, 0.05) is 23.6 Å². The molecule has 4 N–H and O–H groups in total. The van der Waals surface area contributed by atoms with Crippen molar-refractivity contribution in [3.05, 3.63) is 59.4 Å². The van der Waals surface area contributed by atoms with Crippen LogP contribution in [0, 0.1) is 0 Å². The van der Waals surface area contributed by atoms with E-state index in [4.69, 9.17) is 29.8 Å². The van der Waals surface area contributed by atoms with Crippen LogP contribution in [-0.4, -0.2) is 24.2 Å². The minimum Gasteiger partial charge on any atom is -0.493 e. The number of aromatic nitrogens is 2. The summed E-state index contributed by atoms with van der Waals surface area (Å²) in [6.07, 6.45) is 4.28. The molecular formula is C20H20N4O4. The molecule has 4 aromatic rings. The van der Waals surface area contributed by atoms with Crippen LogP contribution < -0.4 is 20.9 Å². The molecular weight excluding hydrogens is 360 g/mol. The lowest BCUT2D eigenvalue weighted by molar-refractivity contribution is 0.352. The van der Waals surface area contributed by atoms with E-state index in [1.165, 1.54) is 0 Å². The number of rotatable bonds is 6. The predicted molar refractivity (Wildman–Crippen MR) is 104 cm³/mol. The maximum atomic E-state index is 6.09. The molecule has 3 heterocycles. The number of ether oxygens (including phenoxy) is 2. The zero-order valence-corrected chi connectivity index (χ0v) is 15.6. The lowest BCUT2D eigenvalue weighted by Gasteiger charge is -2.12. The summed E-state index contributed by atoms with van der Waals surface area (Å²) in [4.78, 5) is 8.08. The number of furan rings is 2. The number of nitrogens with two attached hydrogens (primary N) is 2. The van der Waals surface area contributed by atoms with Crippen molar-refractivity contribution in [1.29, 1.82) is 0 Å². The fourth-order valence-electron chi connectivity index (χ4n) is 3.20. The van der Waals surface area contributed by atoms with Crippen LogP contribution in [0.5, 0.6) is 11.5 Å². The molecule has 0 aliphatic carbocycles. The molecule has 0 saturated heterocycles. The maximum Gasteiger partial charge on any atom is 0.221 e. The van der Waals surface area contributed by atoms with Gasteiger partial charge in [0.25, 0.3) is 0 Å². The van der Waals surface area contributed by atoms with E-state index >= 15 is 0 Å². The van der Waals surface area contributed by atoms with Gasteiger partial charge in [-0.25, -0.2) is 4.98 Å². The Bertz CT molecular complexity index is 1120. The second-order valence-electron chi connectivity index (χ2n) is 6.30. The van der Waals surface area contributed by atoms with Gasteiger partial charge in [-0.05, 0) is 29.8 Å². The third-order valence-corrected chi connectivity index (χ3v) is 4.51. The number of fused-ring (bicyclic) bond motifs is 1. The monoisotopic (exact) mass is 380 g/mol. The number of nitrogens with zero attached hydrogens (tertiary/aromatic N) is 2. The Morgan fingerprint density at radius 1 is 1.04 bits per heavy atom. The minimum absolute atomic E-state index is 0.141. The van der Waals surface area contributed by atoms with Crippen LogP contribution in [0.3, 0.4) is 0 Å². The van der Waals surface area contributed by atoms with Crippen LogP contribution in [0.1, 0.15) is 22.6 Å². The highest BCUT2D eigenvalue weighted by molar-refractivity contribution is 5.90. The molecule has 28 heavy (non-hydrogen) atoms. The van der Waals surface area contributed by atoms with Gasteiger partial charge >= 0.3 is 0 Å². The van der Waals surface area contributed by atoms with Gasteiger partial charge in [0.2, 0.25) is 11.7 Å². The smallest absolute Gasteiger partial charge is 0.221 e. The van der Waals surface area contributed by atoms with E-state index in [1.54, 1.807) is 26.7 Å². The minimum atomic E-state index is 0.141. The van der Waals surface area contributed by atoms with E-state index in [1.807, 2.05) is 24.3 Å². The number of methoxy groups -OCH3 is 2. The van der Waals surface area contributed by atoms with Crippen molar-refractivity contribution >= 4 is 22.7 Å². The van der Waals surface area contributed by atoms with Crippen molar-refractivity contribution in [2.45, 2.75) is 12.8 Å². The van der Waals surface area contributed by atoms with E-state index in [9.17, 15) is 0 Å². The predicted octanol–water partition coefficient (Wildman–Crippen LogP) is 3.18. The van der Waals surface area contributed by atoms with E-state index < -0.39 is 0 Å². The molecule has 0 spiro atoms. The van der Waals surface area contributed by atoms with Gasteiger partial charge < -0.3 is 29.8 Å². The summed E-state index contributed by atoms with van der Waals surface area (Å²) in [6.45, 7) is 0. The molecule has 0 fully saturated rings. The Kier molecular flexibility index (Phi) is 4.52. The van der Waals surface area contributed by atoms with Crippen molar-refractivity contribution in [2.24, 2.45) is 0 Å². The van der Waals surface area contributed by atoms with E-state index in [0.717, 1.165) is 28.0 Å². The van der Waals surface area contributed by atoms with Crippen LogP contribution in [0.2, 0.25) is 0 Å². The average Bonchev–Trinajstić information content (AvgIpc) is 3.33. The first-order valence-electron chi connectivity index (χ1n) is 8.64. The first-order chi connectivity index (χ1) is 13.6. The lowest BCUT2D eigenvalue weighted by atomic mass is 10.0. The highest BCUT2D eigenvalue weighted by Crippen LogP contribution is 2.40. The van der Waals surface area contributed by atoms with Gasteiger partial charge in [0.1, 0.15) is 17.3 Å². The van der Waals surface area contributed by atoms with Crippen LogP contribution in [-0.2, 0) is 12.8 Å². The molecule has 1 aromatic carbocycles. The van der Waals surface area contributed by atoms with E-state index in [0.29, 0.717) is 35.7 Å². The molecule has 0 bridgehead atoms. The molecule has 8 nitrogen and oxygen atoms in total. The summed E-state index contributed by atoms with van der Waals surface area (Å²) in [5, 5.41) is 0.899. The summed E-state index contributed by atoms with van der Waals surface area (Å²) < 4.78 is 22.5. The van der Waals surface area contributed by atoms with E-state index in [2.05, 4.69) is 9.97 Å². The van der Waals surface area contributed by atoms with Crippen molar-refractivity contribution in [1.82, 2.24) is 9.97 Å². The maximum absolute atomic E-state index is 6.09. The second-order valence-corrected chi connectivity index (χ2v) is 6.30. The molecule has 3 aromatic heterocycles. The third kappa shape index (κ3) is 3.20. The molecule has 0 unspecified atom stereocenters. The third-order valence-electron chi connectivity index (χ3n) is 4.51. The molecule has 0 aliphatic rings. The van der Waals surface area contributed by atoms with Gasteiger partial charge in [-0.2, -0.15) is 4.98 Å². The van der Waals surface area contributed by atoms with Gasteiger partial charge in [0.15, 0.2) is 11.3 Å². The molecule has 0 saturated carbocycles. The van der Waals surface area contributed by atoms with Gasteiger partial charge in [-0.15, -0.1) is 0 Å². The lowest BCUT2D eigenvalue weighted by Crippen LogP contribution is -2.04. The number of hydrogen-bond acceptors (Lipinski definition) is 8. The number of nitrogen functional groups attached to an aromatic ring is 2. The van der Waals surface area contributed by atoms with Crippen LogP contribution in [0.15, 0.2) is 45.6 Å². The Hall–Kier alpha value is -3.68. The summed E-state index contributed by atoms with van der Waals surface area (Å²) in [5.74, 6) is 3.15. The van der Waals surface area contributed by atoms with Gasteiger partial charge in [-0.1, -0.05) is 0 Å². The van der Waals surface area contributed by atoms with E-state index in [-0.39, 0.29) is 5.95 Å². The zero-order valence-electron chi connectivity index (χ0n) is 15.6. The topological polar surface area (TPSA) is 123 Å². The Morgan fingerprint density at radius 2 is 1.89 bits per heavy atom. The molecule has 0 aliphatic heterocycles. The summed E-state index contributed by atoms with van der Waals surface area (Å²) in [6, 6.07) is 7.63. The Balaban J connectivity index is 1.83. The molecule has 0 radical (unpaired) electrons. The van der Waals surface area contributed by atoms with Crippen molar-refractivity contribution in [2.75, 3.05) is 25.7 Å². The van der Waals surface area contributed by atoms with Crippen molar-refractivity contribution in [3.8, 4) is 11.5 Å². The number of hydrogen-bond donors (Lipinski definition) is 2. The largest absolute Gasteiger partial charge is 0.493 e. The highest BCUT2D eigenvalue weighted by Gasteiger charge is 2.20. The first kappa shape index (κ1) is 17.7. The quantitative estimate of drug-likeness (QED) is 0.523. The highest BCUT2D eigenvalue weighted by atomic mass is 16.5. The summed E-state index contributed by atoms with van der Waals surface area (Å²) in [5.41, 5.74) is 13.9. The SMILES string of the molecule is COc1cc(Cc2cnc(N)nc2N)c2cc(Cc3ccco3)oc2c1OC. The zero-order chi connectivity index (χ0) is 19.7. The fourth-order valence-corrected chi connectivity index (χ4v) is 3.20. The Morgan fingerprint density at radius 3 is 2.57 bits per heavy atom. The number of benzene rings is 1. The summed E-state index contributed by atoms with van der Waals surface area (Å²) >= 11 is 0. The number of anilines is 2. The standard InChI is InChI=1S/C20H20N4O4/c1-25-16-7-11(6-12-10-23-20(22)24-19(12)21)15-9-14(8-13-4-3-5-27-13)28-17(15)18(16)26-2/h3-5,7,9-10H,6,8H2,1-2H3,(H4,21,22,23,24). The van der Waals surface area contributed by atoms with Gasteiger partial charge in [-0.3, -0.25) is 0 Å². The van der Waals surface area contributed by atoms with Gasteiger partial charge in [0.05, 0.1) is 26.9 Å². The second kappa shape index (κ2) is 7.15. The molecule has 0 atom stereocenters. The average molecular weight is 380 g/mol. The first-order valence-corrected chi connectivity index (χ1v) is 8.64. The van der Waals surface area contributed by atoms with Crippen LogP contribution in [0.4, 0.5) is 11.8 Å². The summed E-state index contributed by atoms with van der Waals surface area (Å²) in [7, 11) is 3.17. The normalized spacial score (nSPS) is 11.1. The van der Waals surface area contributed by atoms with Crippen LogP contribution in [0.25, 0.3) is 11.0 Å². The molecule has 0 amide bonds. The molecule has 4 rings (SSSR count). The molecule has 8 heteroatoms. The van der Waals surface area contributed by atoms with Crippen molar-refractivity contribution < 1.29 is 18.3 Å². The fraction of sp³-hybridized carbons (Fsp3) is 0.200. The Labute approximate surface area is 161 Å². The molecule has 144 valence electrons. The van der Waals surface area contributed by atoms with Crippen LogP contribution >= 0.6 is 0 Å².